The number of para-hydroxylation sites is 1. The van der Waals surface area contributed by atoms with Crippen molar-refractivity contribution >= 4 is 28.5 Å². The fourth-order valence-electron chi connectivity index (χ4n) is 3.45. The van der Waals surface area contributed by atoms with Crippen molar-refractivity contribution in [3.63, 3.8) is 0 Å². The maximum atomic E-state index is 12.1. The summed E-state index contributed by atoms with van der Waals surface area (Å²) in [5, 5.41) is 3.80. The van der Waals surface area contributed by atoms with Gasteiger partial charge in [-0.15, -0.1) is 0 Å². The third-order valence-electron chi connectivity index (χ3n) is 5.24. The Morgan fingerprint density at radius 2 is 1.90 bits per heavy atom. The summed E-state index contributed by atoms with van der Waals surface area (Å²) in [5.74, 6) is -1.61. The monoisotopic (exact) mass is 534 g/mol. The topological polar surface area (TPSA) is 109 Å². The number of hydrogen-bond donors (Lipinski definition) is 3. The number of hydrogen-bond acceptors (Lipinski definition) is 3. The number of amides is 2. The zero-order valence-corrected chi connectivity index (χ0v) is 19.8. The number of carbonyl (C=O) groups excluding carboxylic acids is 3. The molecular weight excluding hydrogens is 507 g/mol. The van der Waals surface area contributed by atoms with Gasteiger partial charge in [0.25, 0.3) is 11.8 Å². The van der Waals surface area contributed by atoms with Crippen molar-refractivity contribution in [1.29, 1.82) is 0 Å². The lowest BCUT2D eigenvalue weighted by atomic mass is 10.0. The molecule has 2 aromatic heterocycles. The molecule has 2 heterocycles. The molecule has 0 aliphatic carbocycles. The van der Waals surface area contributed by atoms with E-state index < -0.39 is 11.8 Å². The van der Waals surface area contributed by atoms with Crippen molar-refractivity contribution in [2.75, 3.05) is 6.54 Å². The van der Waals surface area contributed by atoms with Crippen molar-refractivity contribution in [2.24, 2.45) is 11.7 Å². The van der Waals surface area contributed by atoms with E-state index >= 15 is 0 Å². The highest BCUT2D eigenvalue weighted by molar-refractivity contribution is 6.36. The lowest BCUT2D eigenvalue weighted by Gasteiger charge is -2.09. The van der Waals surface area contributed by atoms with Crippen LogP contribution in [0.15, 0.2) is 48.8 Å². The predicted molar refractivity (Wildman–Crippen MR) is 114 cm³/mol. The maximum absolute atomic E-state index is 12.1. The molecule has 0 saturated heterocycles. The van der Waals surface area contributed by atoms with E-state index in [0.29, 0.717) is 19.4 Å². The van der Waals surface area contributed by atoms with E-state index in [0.717, 1.165) is 27.7 Å². The molecule has 1 atom stereocenters. The number of nitrogens with one attached hydrogen (secondary N) is 2. The molecule has 4 N–H and O–H groups in total. The summed E-state index contributed by atoms with van der Waals surface area (Å²) in [5.41, 5.74) is 9.16. The van der Waals surface area contributed by atoms with Crippen molar-refractivity contribution < 1.29 is 42.9 Å². The normalized spacial score (nSPS) is 11.5. The Morgan fingerprint density at radius 3 is 2.61 bits per heavy atom. The van der Waals surface area contributed by atoms with Crippen molar-refractivity contribution in [1.82, 2.24) is 10.3 Å². The molecule has 0 bridgehead atoms. The summed E-state index contributed by atoms with van der Waals surface area (Å²) in [6.45, 7) is 4.09. The van der Waals surface area contributed by atoms with Gasteiger partial charge in [0.15, 0.2) is 12.4 Å². The minimum atomic E-state index is -0.537. The number of benzene rings is 1. The Hall–Kier alpha value is -2.75. The highest BCUT2D eigenvalue weighted by Gasteiger charge is 2.20. The van der Waals surface area contributed by atoms with Crippen LogP contribution in [0.1, 0.15) is 25.8 Å². The SMILES string of the molecule is CCC(C)C(=O)C(=O)NCCc1c(-c2ccc[n+](CC(N)=O)c2)[nH]c2ccccc12.[I-]. The third kappa shape index (κ3) is 5.90. The van der Waals surface area contributed by atoms with Gasteiger partial charge < -0.3 is 40.0 Å². The first-order valence-corrected chi connectivity index (χ1v) is 10.1. The summed E-state index contributed by atoms with van der Waals surface area (Å²) in [7, 11) is 0. The van der Waals surface area contributed by atoms with Crippen LogP contribution in [-0.4, -0.2) is 29.1 Å². The zero-order valence-electron chi connectivity index (χ0n) is 17.7. The first kappa shape index (κ1) is 24.5. The molecule has 0 fully saturated rings. The Labute approximate surface area is 198 Å². The fourth-order valence-corrected chi connectivity index (χ4v) is 3.45. The molecule has 1 unspecified atom stereocenters. The van der Waals surface area contributed by atoms with Crippen LogP contribution in [-0.2, 0) is 27.3 Å². The van der Waals surface area contributed by atoms with Crippen LogP contribution in [0.2, 0.25) is 0 Å². The number of H-pyrrole nitrogens is 1. The summed E-state index contributed by atoms with van der Waals surface area (Å²) in [6, 6.07) is 11.8. The Morgan fingerprint density at radius 1 is 1.16 bits per heavy atom. The van der Waals surface area contributed by atoms with Crippen LogP contribution in [0.25, 0.3) is 22.2 Å². The number of ketones is 1. The molecule has 0 radical (unpaired) electrons. The molecule has 0 aliphatic rings. The highest BCUT2D eigenvalue weighted by Crippen LogP contribution is 2.30. The van der Waals surface area contributed by atoms with Gasteiger partial charge in [-0.2, -0.15) is 4.57 Å². The van der Waals surface area contributed by atoms with Crippen molar-refractivity contribution in [3.8, 4) is 11.3 Å². The number of halogens is 1. The number of carbonyl (C=O) groups is 3. The van der Waals surface area contributed by atoms with Gasteiger partial charge in [0.2, 0.25) is 12.3 Å². The molecule has 3 aromatic rings. The van der Waals surface area contributed by atoms with Crippen LogP contribution in [0, 0.1) is 5.92 Å². The lowest BCUT2D eigenvalue weighted by molar-refractivity contribution is -0.683. The van der Waals surface area contributed by atoms with E-state index in [9.17, 15) is 14.4 Å². The van der Waals surface area contributed by atoms with Gasteiger partial charge in [-0.25, -0.2) is 0 Å². The van der Waals surface area contributed by atoms with Crippen molar-refractivity contribution in [2.45, 2.75) is 33.2 Å². The molecule has 1 aromatic carbocycles. The Bertz CT molecular complexity index is 1090. The Balaban J connectivity index is 0.00000341. The van der Waals surface area contributed by atoms with Crippen LogP contribution in [0.3, 0.4) is 0 Å². The second-order valence-electron chi connectivity index (χ2n) is 7.43. The van der Waals surface area contributed by atoms with E-state index in [-0.39, 0.29) is 42.2 Å². The molecule has 0 aliphatic heterocycles. The number of nitrogens with zero attached hydrogens (tertiary/aromatic N) is 1. The van der Waals surface area contributed by atoms with Gasteiger partial charge in [0.1, 0.15) is 0 Å². The second-order valence-corrected chi connectivity index (χ2v) is 7.43. The predicted octanol–water partition coefficient (Wildman–Crippen LogP) is -1.11. The molecule has 0 saturated carbocycles. The lowest BCUT2D eigenvalue weighted by Crippen LogP contribution is -3.00. The molecule has 3 rings (SSSR count). The van der Waals surface area contributed by atoms with Gasteiger partial charge in [-0.3, -0.25) is 14.4 Å². The van der Waals surface area contributed by atoms with Crippen LogP contribution < -0.4 is 39.6 Å². The zero-order chi connectivity index (χ0) is 21.7. The number of Topliss-reactive ketones (excluding diaryl/α,β-unsaturated/α-hetero) is 1. The number of rotatable bonds is 9. The highest BCUT2D eigenvalue weighted by atomic mass is 127. The number of nitrogens with two attached hydrogens (primary N) is 1. The molecule has 31 heavy (non-hydrogen) atoms. The smallest absolute Gasteiger partial charge is 0.287 e. The maximum Gasteiger partial charge on any atom is 0.287 e. The van der Waals surface area contributed by atoms with Crippen molar-refractivity contribution in [3.05, 3.63) is 54.4 Å². The minimum Gasteiger partial charge on any atom is -1.00 e. The molecule has 2 amide bonds. The molecular formula is C23H27IN4O3. The van der Waals surface area contributed by atoms with Crippen LogP contribution in [0.4, 0.5) is 0 Å². The van der Waals surface area contributed by atoms with E-state index in [2.05, 4.69) is 10.3 Å². The number of pyridine rings is 1. The van der Waals surface area contributed by atoms with E-state index in [1.807, 2.05) is 49.5 Å². The summed E-state index contributed by atoms with van der Waals surface area (Å²) in [4.78, 5) is 38.9. The largest absolute Gasteiger partial charge is 1.00 e. The van der Waals surface area contributed by atoms with Gasteiger partial charge in [0, 0.05) is 29.4 Å². The van der Waals surface area contributed by atoms with Crippen LogP contribution in [0.5, 0.6) is 0 Å². The molecule has 164 valence electrons. The summed E-state index contributed by atoms with van der Waals surface area (Å²) >= 11 is 0. The van der Waals surface area contributed by atoms with E-state index in [1.165, 1.54) is 0 Å². The fraction of sp³-hybridized carbons (Fsp3) is 0.304. The number of aromatic amines is 1. The average molecular weight is 534 g/mol. The first-order valence-electron chi connectivity index (χ1n) is 10.1. The molecule has 8 heteroatoms. The molecule has 7 nitrogen and oxygen atoms in total. The summed E-state index contributed by atoms with van der Waals surface area (Å²) < 4.78 is 1.74. The standard InChI is InChI=1S/C23H26N4O3.HI/c1-3-15(2)22(29)23(30)25-11-10-18-17-8-4-5-9-19(17)26-21(18)16-7-6-12-27(13-16)14-20(24)28;/h4-9,12-13,15,26H,3,10-11,14H2,1-2H3,(H2-,24,25,28,30);1H. The third-order valence-corrected chi connectivity index (χ3v) is 5.24. The van der Waals surface area contributed by atoms with Gasteiger partial charge in [-0.1, -0.05) is 32.0 Å². The number of aromatic nitrogens is 2. The quantitative estimate of drug-likeness (QED) is 0.184. The first-order chi connectivity index (χ1) is 14.4. The minimum absolute atomic E-state index is 0. The van der Waals surface area contributed by atoms with E-state index in [4.69, 9.17) is 5.73 Å². The van der Waals surface area contributed by atoms with E-state index in [1.54, 1.807) is 17.7 Å². The van der Waals surface area contributed by atoms with Crippen LogP contribution >= 0.6 is 0 Å². The number of primary amides is 1. The second kappa shape index (κ2) is 11.0. The summed E-state index contributed by atoms with van der Waals surface area (Å²) in [6.07, 6.45) is 4.85. The number of fused-ring (bicyclic) bond motifs is 1. The average Bonchev–Trinajstić information content (AvgIpc) is 3.11. The van der Waals surface area contributed by atoms with Gasteiger partial charge >= 0.3 is 0 Å². The van der Waals surface area contributed by atoms with Gasteiger partial charge in [-0.05, 0) is 30.5 Å². The molecule has 0 spiro atoms. The Kier molecular flexibility index (Phi) is 8.73. The van der Waals surface area contributed by atoms with Gasteiger partial charge in [0.05, 0.1) is 11.3 Å².